The first-order chi connectivity index (χ1) is 9.67. The van der Waals surface area contributed by atoms with Gasteiger partial charge in [0.25, 0.3) is 0 Å². The number of hydrogen-bond acceptors (Lipinski definition) is 3. The number of nitrogens with zero attached hydrogens (tertiary/aromatic N) is 3. The molecule has 2 heterocycles. The van der Waals surface area contributed by atoms with Crippen molar-refractivity contribution < 1.29 is 0 Å². The molecule has 114 valence electrons. The Morgan fingerprint density at radius 2 is 2.15 bits per heavy atom. The molecule has 1 fully saturated rings. The van der Waals surface area contributed by atoms with Crippen LogP contribution in [0.2, 0.25) is 0 Å². The third-order valence-corrected chi connectivity index (χ3v) is 4.84. The van der Waals surface area contributed by atoms with Gasteiger partial charge >= 0.3 is 0 Å². The summed E-state index contributed by atoms with van der Waals surface area (Å²) < 4.78 is 2.22. The van der Waals surface area contributed by atoms with E-state index in [0.717, 1.165) is 18.4 Å². The summed E-state index contributed by atoms with van der Waals surface area (Å²) in [5, 5.41) is 0. The maximum absolute atomic E-state index is 6.08. The van der Waals surface area contributed by atoms with E-state index in [1.165, 1.54) is 38.0 Å². The number of aryl methyl sites for hydroxylation is 1. The minimum Gasteiger partial charge on any atom is -0.333 e. The van der Waals surface area contributed by atoms with Gasteiger partial charge in [0, 0.05) is 19.3 Å². The van der Waals surface area contributed by atoms with Gasteiger partial charge in [-0.1, -0.05) is 13.8 Å². The van der Waals surface area contributed by atoms with Crippen molar-refractivity contribution in [1.29, 1.82) is 0 Å². The highest BCUT2D eigenvalue weighted by molar-refractivity contribution is 5.07. The summed E-state index contributed by atoms with van der Waals surface area (Å²) >= 11 is 0. The predicted octanol–water partition coefficient (Wildman–Crippen LogP) is 2.66. The zero-order valence-electron chi connectivity index (χ0n) is 13.3. The van der Waals surface area contributed by atoms with Crippen LogP contribution in [0.4, 0.5) is 0 Å². The van der Waals surface area contributed by atoms with Crippen LogP contribution in [0.5, 0.6) is 0 Å². The topological polar surface area (TPSA) is 47.1 Å². The molecule has 0 aliphatic carbocycles. The molecule has 2 unspecified atom stereocenters. The first-order valence-electron chi connectivity index (χ1n) is 8.11. The van der Waals surface area contributed by atoms with Gasteiger partial charge in [0.05, 0.1) is 18.1 Å². The Morgan fingerprint density at radius 1 is 1.35 bits per heavy atom. The molecule has 4 heteroatoms. The Bertz CT molecular complexity index is 399. The highest BCUT2D eigenvalue weighted by Gasteiger charge is 2.26. The van der Waals surface area contributed by atoms with Crippen molar-refractivity contribution in [3.8, 4) is 0 Å². The van der Waals surface area contributed by atoms with Gasteiger partial charge in [-0.25, -0.2) is 4.98 Å². The van der Waals surface area contributed by atoms with Crippen LogP contribution in [-0.2, 0) is 6.54 Å². The first-order valence-corrected chi connectivity index (χ1v) is 8.11. The average Bonchev–Trinajstić information content (AvgIpc) is 2.76. The van der Waals surface area contributed by atoms with E-state index in [0.29, 0.717) is 12.6 Å². The molecule has 20 heavy (non-hydrogen) atoms. The van der Waals surface area contributed by atoms with Gasteiger partial charge in [-0.2, -0.15) is 0 Å². The highest BCUT2D eigenvalue weighted by atomic mass is 15.2. The lowest BCUT2D eigenvalue weighted by atomic mass is 9.89. The number of rotatable bonds is 5. The van der Waals surface area contributed by atoms with Gasteiger partial charge in [-0.05, 0) is 51.1 Å². The van der Waals surface area contributed by atoms with E-state index in [1.807, 2.05) is 12.5 Å². The molecule has 0 radical (unpaired) electrons. The number of aromatic nitrogens is 2. The van der Waals surface area contributed by atoms with Crippen LogP contribution in [0, 0.1) is 11.8 Å². The second-order valence-corrected chi connectivity index (χ2v) is 6.33. The minimum absolute atomic E-state index is 0.323. The zero-order valence-corrected chi connectivity index (χ0v) is 13.3. The van der Waals surface area contributed by atoms with E-state index in [-0.39, 0.29) is 0 Å². The van der Waals surface area contributed by atoms with Crippen LogP contribution in [0.15, 0.2) is 12.5 Å². The van der Waals surface area contributed by atoms with Crippen molar-refractivity contribution in [1.82, 2.24) is 14.5 Å². The number of hydrogen-bond donors (Lipinski definition) is 1. The number of imidazole rings is 1. The Balaban J connectivity index is 2.08. The Hall–Kier alpha value is -0.870. The third-order valence-electron chi connectivity index (χ3n) is 4.84. The van der Waals surface area contributed by atoms with E-state index in [4.69, 9.17) is 5.73 Å². The van der Waals surface area contributed by atoms with Crippen LogP contribution < -0.4 is 5.73 Å². The van der Waals surface area contributed by atoms with E-state index in [9.17, 15) is 0 Å². The lowest BCUT2D eigenvalue weighted by Crippen LogP contribution is -2.36. The fourth-order valence-corrected chi connectivity index (χ4v) is 3.45. The molecule has 0 amide bonds. The lowest BCUT2D eigenvalue weighted by Gasteiger charge is -2.30. The van der Waals surface area contributed by atoms with Crippen molar-refractivity contribution >= 4 is 0 Å². The summed E-state index contributed by atoms with van der Waals surface area (Å²) in [5.41, 5.74) is 7.36. The molecule has 1 aromatic rings. The van der Waals surface area contributed by atoms with Crippen molar-refractivity contribution in [3.05, 3.63) is 18.2 Å². The first kappa shape index (κ1) is 15.5. The van der Waals surface area contributed by atoms with E-state index < -0.39 is 0 Å². The Kier molecular flexibility index (Phi) is 5.61. The van der Waals surface area contributed by atoms with Crippen LogP contribution in [0.25, 0.3) is 0 Å². The van der Waals surface area contributed by atoms with Gasteiger partial charge in [0.15, 0.2) is 0 Å². The molecule has 2 atom stereocenters. The molecule has 1 aliphatic heterocycles. The Labute approximate surface area is 123 Å². The van der Waals surface area contributed by atoms with Gasteiger partial charge in [-0.15, -0.1) is 0 Å². The summed E-state index contributed by atoms with van der Waals surface area (Å²) in [6.07, 6.45) is 7.87. The minimum atomic E-state index is 0.323. The van der Waals surface area contributed by atoms with Gasteiger partial charge in [0.2, 0.25) is 0 Å². The second kappa shape index (κ2) is 7.23. The SMILES string of the molecule is CCn1cncc1C(CN)N1CCCC(C(C)C)CC1. The third kappa shape index (κ3) is 3.41. The molecular weight excluding hydrogens is 248 g/mol. The fraction of sp³-hybridized carbons (Fsp3) is 0.812. The lowest BCUT2D eigenvalue weighted by molar-refractivity contribution is 0.196. The molecule has 0 bridgehead atoms. The number of likely N-dealkylation sites (tertiary alicyclic amines) is 1. The van der Waals surface area contributed by atoms with Crippen LogP contribution in [0.3, 0.4) is 0 Å². The molecule has 2 rings (SSSR count). The Morgan fingerprint density at radius 3 is 2.80 bits per heavy atom. The van der Waals surface area contributed by atoms with Gasteiger partial charge in [-0.3, -0.25) is 4.90 Å². The van der Waals surface area contributed by atoms with E-state index in [2.05, 4.69) is 35.2 Å². The molecule has 4 nitrogen and oxygen atoms in total. The van der Waals surface area contributed by atoms with Gasteiger partial charge in [0.1, 0.15) is 0 Å². The van der Waals surface area contributed by atoms with Gasteiger partial charge < -0.3 is 10.3 Å². The molecule has 2 N–H and O–H groups in total. The molecule has 0 aromatic carbocycles. The normalized spacial score (nSPS) is 22.9. The van der Waals surface area contributed by atoms with E-state index >= 15 is 0 Å². The standard InChI is InChI=1S/C16H30N4/c1-4-19-12-18-11-16(19)15(10-17)20-8-5-6-14(7-9-20)13(2)3/h11-15H,4-10,17H2,1-3H3. The molecule has 0 saturated carbocycles. The van der Waals surface area contributed by atoms with Crippen LogP contribution in [-0.4, -0.2) is 34.1 Å². The van der Waals surface area contributed by atoms with Crippen LogP contribution >= 0.6 is 0 Å². The van der Waals surface area contributed by atoms with E-state index in [1.54, 1.807) is 0 Å². The van der Waals surface area contributed by atoms with Crippen molar-refractivity contribution in [2.75, 3.05) is 19.6 Å². The average molecular weight is 278 g/mol. The fourth-order valence-electron chi connectivity index (χ4n) is 3.45. The van der Waals surface area contributed by atoms with Crippen molar-refractivity contribution in [2.24, 2.45) is 17.6 Å². The molecular formula is C16H30N4. The van der Waals surface area contributed by atoms with Crippen molar-refractivity contribution in [2.45, 2.75) is 52.6 Å². The summed E-state index contributed by atoms with van der Waals surface area (Å²) in [4.78, 5) is 6.88. The maximum Gasteiger partial charge on any atom is 0.0948 e. The summed E-state index contributed by atoms with van der Waals surface area (Å²) in [6, 6.07) is 0.323. The second-order valence-electron chi connectivity index (χ2n) is 6.33. The number of nitrogens with two attached hydrogens (primary N) is 1. The molecule has 1 aliphatic rings. The summed E-state index contributed by atoms with van der Waals surface area (Å²) in [7, 11) is 0. The zero-order chi connectivity index (χ0) is 14.5. The molecule has 0 spiro atoms. The summed E-state index contributed by atoms with van der Waals surface area (Å²) in [6.45, 7) is 10.8. The van der Waals surface area contributed by atoms with Crippen molar-refractivity contribution in [3.63, 3.8) is 0 Å². The van der Waals surface area contributed by atoms with Crippen LogP contribution in [0.1, 0.15) is 51.8 Å². The highest BCUT2D eigenvalue weighted by Crippen LogP contribution is 2.29. The monoisotopic (exact) mass is 278 g/mol. The largest absolute Gasteiger partial charge is 0.333 e. The quantitative estimate of drug-likeness (QED) is 0.900. The summed E-state index contributed by atoms with van der Waals surface area (Å²) in [5.74, 6) is 1.67. The molecule has 1 aromatic heterocycles. The molecule has 1 saturated heterocycles. The maximum atomic E-state index is 6.08. The predicted molar refractivity (Wildman–Crippen MR) is 83.4 cm³/mol. The smallest absolute Gasteiger partial charge is 0.0948 e.